The van der Waals surface area contributed by atoms with Crippen molar-refractivity contribution < 1.29 is 4.74 Å². The molecule has 0 aromatic heterocycles. The Morgan fingerprint density at radius 3 is 2.10 bits per heavy atom. The van der Waals surface area contributed by atoms with E-state index in [1.807, 2.05) is 0 Å². The van der Waals surface area contributed by atoms with E-state index >= 15 is 0 Å². The van der Waals surface area contributed by atoms with Crippen LogP contribution in [0.3, 0.4) is 0 Å². The van der Waals surface area contributed by atoms with Crippen molar-refractivity contribution in [3.8, 4) is 0 Å². The molecule has 0 aliphatic carbocycles. The number of nitrogens with zero attached hydrogens (tertiary/aromatic N) is 4. The highest BCUT2D eigenvalue weighted by Gasteiger charge is 2.39. The summed E-state index contributed by atoms with van der Waals surface area (Å²) in [7, 11) is 8.24. The van der Waals surface area contributed by atoms with E-state index in [0.717, 1.165) is 38.6 Å². The quantitative estimate of drug-likeness (QED) is 0.573. The zero-order chi connectivity index (χ0) is 14.6. The van der Waals surface area contributed by atoms with Gasteiger partial charge in [-0.25, -0.2) is 0 Å². The van der Waals surface area contributed by atoms with Crippen LogP contribution in [0.15, 0.2) is 4.99 Å². The molecule has 2 fully saturated rings. The van der Waals surface area contributed by atoms with Gasteiger partial charge in [0, 0.05) is 46.9 Å². The van der Waals surface area contributed by atoms with Crippen LogP contribution in [0, 0.1) is 0 Å². The summed E-state index contributed by atoms with van der Waals surface area (Å²) in [5.41, 5.74) is 0.228. The molecule has 0 radical (unpaired) electrons. The summed E-state index contributed by atoms with van der Waals surface area (Å²) in [5.74, 6) is 1.05. The summed E-state index contributed by atoms with van der Waals surface area (Å²) in [6.07, 6.45) is 4.90. The van der Waals surface area contributed by atoms with Gasteiger partial charge < -0.3 is 14.5 Å². The van der Waals surface area contributed by atoms with Crippen LogP contribution in [0.1, 0.15) is 25.7 Å². The highest BCUT2D eigenvalue weighted by Crippen LogP contribution is 2.31. The van der Waals surface area contributed by atoms with Crippen LogP contribution < -0.4 is 0 Å². The Bertz CT molecular complexity index is 319. The molecular formula is C15H30N4O. The molecule has 20 heavy (non-hydrogen) atoms. The highest BCUT2D eigenvalue weighted by atomic mass is 16.5. The molecule has 2 heterocycles. The molecule has 5 heteroatoms. The van der Waals surface area contributed by atoms with Crippen LogP contribution in [0.2, 0.25) is 0 Å². The lowest BCUT2D eigenvalue weighted by atomic mass is 9.88. The SMILES string of the molecule is CN(C)C(=NCC1(N2CCCC2)CCOCC1)N(C)C. The Hall–Kier alpha value is -0.810. The van der Waals surface area contributed by atoms with Crippen molar-refractivity contribution in [2.75, 3.05) is 61.0 Å². The fraction of sp³-hybridized carbons (Fsp3) is 0.933. The van der Waals surface area contributed by atoms with E-state index in [1.54, 1.807) is 0 Å². The minimum absolute atomic E-state index is 0.228. The number of hydrogen-bond donors (Lipinski definition) is 0. The minimum Gasteiger partial charge on any atom is -0.381 e. The summed E-state index contributed by atoms with van der Waals surface area (Å²) < 4.78 is 5.59. The van der Waals surface area contributed by atoms with Gasteiger partial charge in [-0.05, 0) is 38.8 Å². The second-order valence-corrected chi connectivity index (χ2v) is 6.44. The van der Waals surface area contributed by atoms with Gasteiger partial charge >= 0.3 is 0 Å². The molecule has 5 nitrogen and oxygen atoms in total. The summed E-state index contributed by atoms with van der Waals surface area (Å²) in [6.45, 7) is 5.11. The average molecular weight is 282 g/mol. The number of rotatable bonds is 3. The predicted octanol–water partition coefficient (Wildman–Crippen LogP) is 1.11. The fourth-order valence-electron chi connectivity index (χ4n) is 3.42. The first-order chi connectivity index (χ1) is 9.55. The minimum atomic E-state index is 0.228. The Kier molecular flexibility index (Phi) is 5.27. The van der Waals surface area contributed by atoms with Gasteiger partial charge in [-0.3, -0.25) is 9.89 Å². The predicted molar refractivity (Wildman–Crippen MR) is 83.3 cm³/mol. The normalized spacial score (nSPS) is 22.6. The Balaban J connectivity index is 2.13. The maximum absolute atomic E-state index is 5.59. The molecule has 0 saturated carbocycles. The van der Waals surface area contributed by atoms with Crippen LogP contribution >= 0.6 is 0 Å². The second-order valence-electron chi connectivity index (χ2n) is 6.44. The number of ether oxygens (including phenoxy) is 1. The van der Waals surface area contributed by atoms with Crippen LogP contribution in [-0.4, -0.2) is 87.2 Å². The fourth-order valence-corrected chi connectivity index (χ4v) is 3.42. The van der Waals surface area contributed by atoms with Crippen LogP contribution in [-0.2, 0) is 4.74 Å². The highest BCUT2D eigenvalue weighted by molar-refractivity contribution is 5.79. The molecule has 0 aromatic carbocycles. The van der Waals surface area contributed by atoms with Gasteiger partial charge in [0.15, 0.2) is 5.96 Å². The monoisotopic (exact) mass is 282 g/mol. The maximum atomic E-state index is 5.59. The Morgan fingerprint density at radius 1 is 1.05 bits per heavy atom. The molecule has 2 aliphatic rings. The van der Waals surface area contributed by atoms with Crippen LogP contribution in [0.4, 0.5) is 0 Å². The van der Waals surface area contributed by atoms with Crippen molar-refractivity contribution in [2.45, 2.75) is 31.2 Å². The maximum Gasteiger partial charge on any atom is 0.195 e. The molecule has 2 aliphatic heterocycles. The molecule has 0 unspecified atom stereocenters. The van der Waals surface area contributed by atoms with E-state index in [4.69, 9.17) is 9.73 Å². The van der Waals surface area contributed by atoms with E-state index in [0.29, 0.717) is 0 Å². The first-order valence-corrected chi connectivity index (χ1v) is 7.77. The third kappa shape index (κ3) is 3.44. The topological polar surface area (TPSA) is 31.3 Å². The van der Waals surface area contributed by atoms with Crippen LogP contribution in [0.25, 0.3) is 0 Å². The number of likely N-dealkylation sites (tertiary alicyclic amines) is 1. The second kappa shape index (κ2) is 6.76. The summed E-state index contributed by atoms with van der Waals surface area (Å²) in [4.78, 5) is 11.8. The molecule has 0 N–H and O–H groups in total. The van der Waals surface area contributed by atoms with E-state index in [2.05, 4.69) is 42.9 Å². The molecule has 0 amide bonds. The van der Waals surface area contributed by atoms with E-state index in [9.17, 15) is 0 Å². The van der Waals surface area contributed by atoms with Crippen molar-refractivity contribution in [2.24, 2.45) is 4.99 Å². The molecule has 0 bridgehead atoms. The molecule has 0 spiro atoms. The standard InChI is InChI=1S/C15H30N4O/c1-17(2)14(18(3)4)16-13-15(7-11-20-12-8-15)19-9-5-6-10-19/h5-13H2,1-4H3. The number of hydrogen-bond acceptors (Lipinski definition) is 3. The van der Waals surface area contributed by atoms with Crippen molar-refractivity contribution in [3.05, 3.63) is 0 Å². The molecule has 2 saturated heterocycles. The van der Waals surface area contributed by atoms with E-state index < -0.39 is 0 Å². The van der Waals surface area contributed by atoms with Crippen molar-refractivity contribution in [3.63, 3.8) is 0 Å². The van der Waals surface area contributed by atoms with Crippen molar-refractivity contribution in [1.82, 2.24) is 14.7 Å². The molecule has 0 aromatic rings. The number of guanidine groups is 1. The molecular weight excluding hydrogens is 252 g/mol. The van der Waals surface area contributed by atoms with Crippen LogP contribution in [0.5, 0.6) is 0 Å². The third-order valence-corrected chi connectivity index (χ3v) is 4.52. The van der Waals surface area contributed by atoms with Gasteiger partial charge in [-0.15, -0.1) is 0 Å². The summed E-state index contributed by atoms with van der Waals surface area (Å²) in [6, 6.07) is 0. The van der Waals surface area contributed by atoms with Gasteiger partial charge in [-0.2, -0.15) is 0 Å². The number of aliphatic imine (C=N–C) groups is 1. The largest absolute Gasteiger partial charge is 0.381 e. The van der Waals surface area contributed by atoms with E-state index in [-0.39, 0.29) is 5.54 Å². The molecule has 0 atom stereocenters. The zero-order valence-corrected chi connectivity index (χ0v) is 13.6. The lowest BCUT2D eigenvalue weighted by Gasteiger charge is -2.44. The zero-order valence-electron chi connectivity index (χ0n) is 13.6. The first-order valence-electron chi connectivity index (χ1n) is 7.77. The lowest BCUT2D eigenvalue weighted by Crippen LogP contribution is -2.53. The summed E-state index contributed by atoms with van der Waals surface area (Å²) in [5, 5.41) is 0. The first kappa shape index (κ1) is 15.6. The van der Waals surface area contributed by atoms with Crippen molar-refractivity contribution in [1.29, 1.82) is 0 Å². The molecule has 116 valence electrons. The lowest BCUT2D eigenvalue weighted by molar-refractivity contribution is -0.0140. The third-order valence-electron chi connectivity index (χ3n) is 4.52. The van der Waals surface area contributed by atoms with Crippen molar-refractivity contribution >= 4 is 5.96 Å². The van der Waals surface area contributed by atoms with Gasteiger partial charge in [0.05, 0.1) is 6.54 Å². The Morgan fingerprint density at radius 2 is 1.60 bits per heavy atom. The summed E-state index contributed by atoms with van der Waals surface area (Å²) >= 11 is 0. The van der Waals surface area contributed by atoms with Gasteiger partial charge in [-0.1, -0.05) is 0 Å². The van der Waals surface area contributed by atoms with E-state index in [1.165, 1.54) is 25.9 Å². The smallest absolute Gasteiger partial charge is 0.195 e. The van der Waals surface area contributed by atoms with Gasteiger partial charge in [0.1, 0.15) is 0 Å². The molecule has 2 rings (SSSR count). The van der Waals surface area contributed by atoms with Gasteiger partial charge in [0.25, 0.3) is 0 Å². The Labute approximate surface area is 123 Å². The average Bonchev–Trinajstić information content (AvgIpc) is 2.93. The van der Waals surface area contributed by atoms with Gasteiger partial charge in [0.2, 0.25) is 0 Å².